The van der Waals surface area contributed by atoms with Gasteiger partial charge in [-0.2, -0.15) is 0 Å². The van der Waals surface area contributed by atoms with Gasteiger partial charge in [-0.15, -0.1) is 0 Å². The summed E-state index contributed by atoms with van der Waals surface area (Å²) in [5.41, 5.74) is 1.12. The van der Waals surface area contributed by atoms with E-state index in [9.17, 15) is 18.0 Å². The van der Waals surface area contributed by atoms with Crippen molar-refractivity contribution in [3.8, 4) is 5.75 Å². The first-order valence-corrected chi connectivity index (χ1v) is 11.9. The Balaban J connectivity index is 2.04. The largest absolute Gasteiger partial charge is 0.497 e. The average Bonchev–Trinajstić information content (AvgIpc) is 2.77. The molecule has 0 N–H and O–H groups in total. The van der Waals surface area contributed by atoms with Crippen LogP contribution in [0.4, 0.5) is 0 Å². The van der Waals surface area contributed by atoms with Crippen molar-refractivity contribution >= 4 is 44.6 Å². The summed E-state index contributed by atoms with van der Waals surface area (Å²) < 4.78 is 32.0. The zero-order chi connectivity index (χ0) is 23.5. The lowest BCUT2D eigenvalue weighted by Gasteiger charge is -2.17. The van der Waals surface area contributed by atoms with Crippen LogP contribution < -0.4 is 4.74 Å². The Morgan fingerprint density at radius 3 is 2.12 bits per heavy atom. The zero-order valence-corrected chi connectivity index (χ0v) is 19.7. The first-order chi connectivity index (χ1) is 15.1. The van der Waals surface area contributed by atoms with Crippen LogP contribution >= 0.6 is 23.2 Å². The Kier molecular flexibility index (Phi) is 7.39. The van der Waals surface area contributed by atoms with Crippen LogP contribution in [0.25, 0.3) is 0 Å². The molecule has 0 bridgehead atoms. The molecule has 0 saturated carbocycles. The summed E-state index contributed by atoms with van der Waals surface area (Å²) in [6, 6.07) is 16.5. The topological polar surface area (TPSA) is 77.5 Å². The molecule has 0 aliphatic rings. The van der Waals surface area contributed by atoms with Crippen molar-refractivity contribution in [2.75, 3.05) is 7.11 Å². The van der Waals surface area contributed by atoms with Gasteiger partial charge in [0.25, 0.3) is 0 Å². The maximum atomic E-state index is 13.4. The first-order valence-electron chi connectivity index (χ1n) is 9.60. The van der Waals surface area contributed by atoms with Gasteiger partial charge in [-0.3, -0.25) is 9.59 Å². The highest BCUT2D eigenvalue weighted by atomic mass is 35.5. The lowest BCUT2D eigenvalue weighted by Crippen LogP contribution is -2.33. The molecule has 0 amide bonds. The van der Waals surface area contributed by atoms with Crippen LogP contribution in [0.2, 0.25) is 10.0 Å². The molecule has 0 spiro atoms. The van der Waals surface area contributed by atoms with Crippen LogP contribution in [0, 0.1) is 6.92 Å². The molecule has 166 valence electrons. The van der Waals surface area contributed by atoms with E-state index in [0.29, 0.717) is 10.8 Å². The Labute approximate surface area is 196 Å². The smallest absolute Gasteiger partial charge is 0.189 e. The maximum Gasteiger partial charge on any atom is 0.189 e. The summed E-state index contributed by atoms with van der Waals surface area (Å²) in [6.45, 7) is 1.82. The fourth-order valence-electron chi connectivity index (χ4n) is 3.16. The second-order valence-corrected chi connectivity index (χ2v) is 10.2. The van der Waals surface area contributed by atoms with Gasteiger partial charge in [0.1, 0.15) is 11.0 Å². The molecule has 32 heavy (non-hydrogen) atoms. The summed E-state index contributed by atoms with van der Waals surface area (Å²) in [5, 5.41) is -1.33. The van der Waals surface area contributed by atoms with Gasteiger partial charge >= 0.3 is 0 Å². The van der Waals surface area contributed by atoms with E-state index < -0.39 is 33.1 Å². The molecule has 3 rings (SSSR count). The van der Waals surface area contributed by atoms with Crippen molar-refractivity contribution in [1.29, 1.82) is 0 Å². The predicted molar refractivity (Wildman–Crippen MR) is 125 cm³/mol. The van der Waals surface area contributed by atoms with Crippen LogP contribution in [-0.2, 0) is 9.84 Å². The molecule has 0 aliphatic carbocycles. The fraction of sp³-hybridized carbons (Fsp3) is 0.167. The average molecular weight is 491 g/mol. The van der Waals surface area contributed by atoms with E-state index in [-0.39, 0.29) is 21.0 Å². The third kappa shape index (κ3) is 5.21. The highest BCUT2D eigenvalue weighted by Crippen LogP contribution is 2.28. The zero-order valence-electron chi connectivity index (χ0n) is 17.3. The van der Waals surface area contributed by atoms with E-state index in [1.807, 2.05) is 6.92 Å². The monoisotopic (exact) mass is 490 g/mol. The molecule has 0 saturated heterocycles. The van der Waals surface area contributed by atoms with Gasteiger partial charge in [-0.1, -0.05) is 40.9 Å². The SMILES string of the molecule is COc1ccc(C(=O)C[C@@H](C(=O)c2ccc(Cl)cc2Cl)S(=O)(=O)c2ccc(C)cc2)cc1. The number of carbonyl (C=O) groups is 2. The molecule has 0 aromatic heterocycles. The molecule has 0 heterocycles. The standard InChI is InChI=1S/C24H20Cl2O5S/c1-15-3-10-19(11-4-15)32(29,30)23(24(28)20-12-7-17(25)13-21(20)26)14-22(27)16-5-8-18(31-2)9-6-16/h3-13,23H,14H2,1-2H3/t23-/m0/s1. The van der Waals surface area contributed by atoms with Crippen LogP contribution in [0.1, 0.15) is 32.7 Å². The fourth-order valence-corrected chi connectivity index (χ4v) is 5.29. The summed E-state index contributed by atoms with van der Waals surface area (Å²) in [5.74, 6) is -0.713. The second kappa shape index (κ2) is 9.86. The number of hydrogen-bond donors (Lipinski definition) is 0. The van der Waals surface area contributed by atoms with Crippen molar-refractivity contribution in [3.63, 3.8) is 0 Å². The molecule has 0 fully saturated rings. The van der Waals surface area contributed by atoms with E-state index in [1.54, 1.807) is 24.3 Å². The number of benzene rings is 3. The molecule has 0 radical (unpaired) electrons. The van der Waals surface area contributed by atoms with Crippen molar-refractivity contribution in [1.82, 2.24) is 0 Å². The minimum atomic E-state index is -4.19. The van der Waals surface area contributed by atoms with Gasteiger partial charge in [-0.05, 0) is 61.5 Å². The molecule has 3 aromatic rings. The number of aryl methyl sites for hydroxylation is 1. The predicted octanol–water partition coefficient (Wildman–Crippen LogP) is 5.61. The number of ether oxygens (including phenoxy) is 1. The van der Waals surface area contributed by atoms with Gasteiger partial charge in [0.15, 0.2) is 21.4 Å². The van der Waals surface area contributed by atoms with Crippen molar-refractivity contribution in [2.45, 2.75) is 23.5 Å². The minimum Gasteiger partial charge on any atom is -0.497 e. The van der Waals surface area contributed by atoms with Gasteiger partial charge in [-0.25, -0.2) is 8.42 Å². The van der Waals surface area contributed by atoms with Crippen molar-refractivity contribution < 1.29 is 22.7 Å². The Morgan fingerprint density at radius 1 is 0.938 bits per heavy atom. The Bertz CT molecular complexity index is 1250. The summed E-state index contributed by atoms with van der Waals surface area (Å²) in [7, 11) is -2.70. The number of hydrogen-bond acceptors (Lipinski definition) is 5. The lowest BCUT2D eigenvalue weighted by atomic mass is 10.0. The quantitative estimate of drug-likeness (QED) is 0.383. The lowest BCUT2D eigenvalue weighted by molar-refractivity contribution is 0.0920. The number of halogens is 2. The van der Waals surface area contributed by atoms with Crippen LogP contribution in [0.15, 0.2) is 71.6 Å². The third-order valence-electron chi connectivity index (χ3n) is 5.00. The number of Topliss-reactive ketones (excluding diaryl/α,β-unsaturated/α-hetero) is 2. The van der Waals surface area contributed by atoms with Crippen molar-refractivity contribution in [3.05, 3.63) is 93.5 Å². The van der Waals surface area contributed by atoms with E-state index in [2.05, 4.69) is 0 Å². The van der Waals surface area contributed by atoms with Gasteiger partial charge in [0.05, 0.1) is 17.0 Å². The van der Waals surface area contributed by atoms with E-state index in [0.717, 1.165) is 5.56 Å². The van der Waals surface area contributed by atoms with Gasteiger partial charge < -0.3 is 4.74 Å². The maximum absolute atomic E-state index is 13.4. The number of rotatable bonds is 8. The Morgan fingerprint density at radius 2 is 1.56 bits per heavy atom. The number of methoxy groups -OCH3 is 1. The molecule has 0 aliphatic heterocycles. The summed E-state index contributed by atoms with van der Waals surface area (Å²) >= 11 is 12.1. The number of sulfone groups is 1. The van der Waals surface area contributed by atoms with E-state index >= 15 is 0 Å². The molecular formula is C24H20Cl2O5S. The normalized spacial score (nSPS) is 12.2. The third-order valence-corrected chi connectivity index (χ3v) is 7.60. The molecule has 5 nitrogen and oxygen atoms in total. The molecular weight excluding hydrogens is 471 g/mol. The van der Waals surface area contributed by atoms with E-state index in [4.69, 9.17) is 27.9 Å². The summed E-state index contributed by atoms with van der Waals surface area (Å²) in [6.07, 6.45) is -0.541. The molecule has 8 heteroatoms. The summed E-state index contributed by atoms with van der Waals surface area (Å²) in [4.78, 5) is 26.3. The van der Waals surface area contributed by atoms with Crippen LogP contribution in [0.3, 0.4) is 0 Å². The molecule has 0 unspecified atom stereocenters. The van der Waals surface area contributed by atoms with E-state index in [1.165, 1.54) is 49.6 Å². The highest BCUT2D eigenvalue weighted by Gasteiger charge is 2.37. The Hall–Kier alpha value is -2.67. The molecule has 1 atom stereocenters. The number of carbonyl (C=O) groups excluding carboxylic acids is 2. The van der Waals surface area contributed by atoms with Crippen LogP contribution in [0.5, 0.6) is 5.75 Å². The first kappa shape index (κ1) is 24.0. The second-order valence-electron chi connectivity index (χ2n) is 7.19. The minimum absolute atomic E-state index is 0.0146. The van der Waals surface area contributed by atoms with Crippen LogP contribution in [-0.4, -0.2) is 32.3 Å². The van der Waals surface area contributed by atoms with Crippen molar-refractivity contribution in [2.24, 2.45) is 0 Å². The van der Waals surface area contributed by atoms with Gasteiger partial charge in [0, 0.05) is 22.6 Å². The number of ketones is 2. The van der Waals surface area contributed by atoms with Gasteiger partial charge in [0.2, 0.25) is 0 Å². The highest BCUT2D eigenvalue weighted by molar-refractivity contribution is 7.92. The molecule has 3 aromatic carbocycles.